The molecule has 0 spiro atoms. The molecule has 36 heavy (non-hydrogen) atoms. The minimum absolute atomic E-state index is 0.0398. The summed E-state index contributed by atoms with van der Waals surface area (Å²) in [5.41, 5.74) is 0.624. The molecular weight excluding hydrogens is 466 g/mol. The lowest BCUT2D eigenvalue weighted by atomic mass is 10.2. The predicted octanol–water partition coefficient (Wildman–Crippen LogP) is 1.69. The zero-order valence-corrected chi connectivity index (χ0v) is 20.6. The molecule has 1 saturated carbocycles. The molecule has 4 N–H and O–H groups in total. The number of hydrogen-bond acceptors (Lipinski definition) is 11. The summed E-state index contributed by atoms with van der Waals surface area (Å²) in [6, 6.07) is 9.39. The Hall–Kier alpha value is -3.51. The highest BCUT2D eigenvalue weighted by atomic mass is 16.5. The number of carbonyl (C=O) groups excluding carboxylic acids is 2. The van der Waals surface area contributed by atoms with Gasteiger partial charge in [0.15, 0.2) is 0 Å². The molecular formula is C24H35N7O5. The summed E-state index contributed by atoms with van der Waals surface area (Å²) in [4.78, 5) is 36.5. The van der Waals surface area contributed by atoms with E-state index in [2.05, 4.69) is 41.0 Å². The smallest absolute Gasteiger partial charge is 0.325 e. The van der Waals surface area contributed by atoms with Crippen LogP contribution in [0.1, 0.15) is 36.0 Å². The minimum Gasteiger partial charge on any atom is -0.468 e. The molecule has 1 amide bonds. The van der Waals surface area contributed by atoms with Gasteiger partial charge in [0.05, 0.1) is 33.5 Å². The van der Waals surface area contributed by atoms with Gasteiger partial charge in [-0.25, -0.2) is 0 Å². The fourth-order valence-electron chi connectivity index (χ4n) is 3.56. The number of esters is 1. The van der Waals surface area contributed by atoms with Crippen molar-refractivity contribution in [2.45, 2.75) is 31.7 Å². The van der Waals surface area contributed by atoms with Crippen molar-refractivity contribution < 1.29 is 23.8 Å². The second kappa shape index (κ2) is 15.5. The average Bonchev–Trinajstić information content (AvgIpc) is 3.41. The quantitative estimate of drug-likeness (QED) is 0.197. The number of nitrogens with zero attached hydrogens (tertiary/aromatic N) is 3. The number of methoxy groups -OCH3 is 1. The lowest BCUT2D eigenvalue weighted by Crippen LogP contribution is -2.27. The van der Waals surface area contributed by atoms with E-state index in [0.29, 0.717) is 63.0 Å². The van der Waals surface area contributed by atoms with E-state index < -0.39 is 5.97 Å². The summed E-state index contributed by atoms with van der Waals surface area (Å²) in [6.45, 7) is 2.55. The van der Waals surface area contributed by atoms with Crippen LogP contribution in [-0.4, -0.2) is 86.0 Å². The number of ether oxygens (including phenoxy) is 3. The fourth-order valence-corrected chi connectivity index (χ4v) is 3.56. The van der Waals surface area contributed by atoms with Crippen LogP contribution in [0.25, 0.3) is 0 Å². The molecule has 1 aromatic heterocycles. The largest absolute Gasteiger partial charge is 0.468 e. The molecule has 0 radical (unpaired) electrons. The van der Waals surface area contributed by atoms with Crippen LogP contribution in [0.2, 0.25) is 0 Å². The second-order valence-electron chi connectivity index (χ2n) is 8.14. The summed E-state index contributed by atoms with van der Waals surface area (Å²) < 4.78 is 15.7. The van der Waals surface area contributed by atoms with Gasteiger partial charge in [-0.3, -0.25) is 9.59 Å². The Balaban J connectivity index is 1.31. The third-order valence-electron chi connectivity index (χ3n) is 5.41. The van der Waals surface area contributed by atoms with Crippen molar-refractivity contribution in [3.8, 4) is 0 Å². The van der Waals surface area contributed by atoms with E-state index in [9.17, 15) is 9.59 Å². The Labute approximate surface area is 210 Å². The van der Waals surface area contributed by atoms with Gasteiger partial charge in [0.25, 0.3) is 5.91 Å². The molecule has 2 aromatic rings. The van der Waals surface area contributed by atoms with Crippen molar-refractivity contribution in [3.63, 3.8) is 0 Å². The molecule has 0 aliphatic heterocycles. The van der Waals surface area contributed by atoms with Gasteiger partial charge in [-0.1, -0.05) is 31.0 Å². The van der Waals surface area contributed by atoms with E-state index >= 15 is 0 Å². The highest BCUT2D eigenvalue weighted by Gasteiger charge is 2.17. The monoisotopic (exact) mass is 501 g/mol. The molecule has 0 saturated heterocycles. The fraction of sp³-hybridized carbons (Fsp3) is 0.542. The van der Waals surface area contributed by atoms with Crippen molar-refractivity contribution in [1.29, 1.82) is 0 Å². The molecule has 0 atom stereocenters. The molecule has 12 heteroatoms. The van der Waals surface area contributed by atoms with Crippen LogP contribution in [0.15, 0.2) is 30.3 Å². The summed E-state index contributed by atoms with van der Waals surface area (Å²) in [5.74, 6) is 0.592. The van der Waals surface area contributed by atoms with Crippen LogP contribution < -0.4 is 21.3 Å². The van der Waals surface area contributed by atoms with Crippen molar-refractivity contribution in [2.75, 3.05) is 69.1 Å². The van der Waals surface area contributed by atoms with Crippen molar-refractivity contribution in [1.82, 2.24) is 20.3 Å². The zero-order valence-electron chi connectivity index (χ0n) is 20.6. The topological polar surface area (TPSA) is 149 Å². The molecule has 0 unspecified atom stereocenters. The summed E-state index contributed by atoms with van der Waals surface area (Å²) in [6.07, 6.45) is 4.53. The van der Waals surface area contributed by atoms with Crippen molar-refractivity contribution >= 4 is 29.7 Å². The maximum atomic E-state index is 11.9. The molecule has 3 rings (SSSR count). The number of rotatable bonds is 16. The normalized spacial score (nSPS) is 13.2. The molecule has 0 bridgehead atoms. The maximum absolute atomic E-state index is 11.9. The van der Waals surface area contributed by atoms with Crippen LogP contribution in [-0.2, 0) is 19.0 Å². The Bertz CT molecular complexity index is 942. The summed E-state index contributed by atoms with van der Waals surface area (Å²) in [7, 11) is 1.33. The maximum Gasteiger partial charge on any atom is 0.325 e. The van der Waals surface area contributed by atoms with E-state index in [1.165, 1.54) is 20.0 Å². The zero-order chi connectivity index (χ0) is 25.4. The molecule has 12 nitrogen and oxygen atoms in total. The lowest BCUT2D eigenvalue weighted by Gasteiger charge is -2.14. The van der Waals surface area contributed by atoms with Crippen LogP contribution in [0.4, 0.5) is 17.8 Å². The Morgan fingerprint density at radius 1 is 0.861 bits per heavy atom. The van der Waals surface area contributed by atoms with Crippen LogP contribution in [0.5, 0.6) is 0 Å². The van der Waals surface area contributed by atoms with Gasteiger partial charge in [0.1, 0.15) is 6.54 Å². The first-order chi connectivity index (χ1) is 17.6. The van der Waals surface area contributed by atoms with Gasteiger partial charge < -0.3 is 35.5 Å². The molecule has 1 heterocycles. The molecule has 1 fully saturated rings. The third kappa shape index (κ3) is 10.0. The van der Waals surface area contributed by atoms with Crippen molar-refractivity contribution in [3.05, 3.63) is 35.9 Å². The highest BCUT2D eigenvalue weighted by Crippen LogP contribution is 2.21. The Morgan fingerprint density at radius 3 is 2.19 bits per heavy atom. The Kier molecular flexibility index (Phi) is 11.6. The predicted molar refractivity (Wildman–Crippen MR) is 135 cm³/mol. The SMILES string of the molecule is COC(=O)CNc1nc(NCCOCCOCCNC(=O)c2ccccc2)nc(NC2CCCC2)n1. The van der Waals surface area contributed by atoms with Gasteiger partial charge in [-0.05, 0) is 25.0 Å². The van der Waals surface area contributed by atoms with Crippen molar-refractivity contribution in [2.24, 2.45) is 0 Å². The van der Waals surface area contributed by atoms with Gasteiger partial charge >= 0.3 is 5.97 Å². The first kappa shape index (κ1) is 27.1. The lowest BCUT2D eigenvalue weighted by molar-refractivity contribution is -0.138. The number of hydrogen-bond donors (Lipinski definition) is 4. The third-order valence-corrected chi connectivity index (χ3v) is 5.41. The molecule has 1 aliphatic rings. The van der Waals surface area contributed by atoms with Gasteiger partial charge in [-0.15, -0.1) is 0 Å². The van der Waals surface area contributed by atoms with Gasteiger partial charge in [-0.2, -0.15) is 15.0 Å². The number of carbonyl (C=O) groups is 2. The molecule has 196 valence electrons. The second-order valence-corrected chi connectivity index (χ2v) is 8.14. The minimum atomic E-state index is -0.413. The summed E-state index contributed by atoms with van der Waals surface area (Å²) in [5, 5.41) is 12.1. The Morgan fingerprint density at radius 2 is 1.50 bits per heavy atom. The first-order valence-corrected chi connectivity index (χ1v) is 12.2. The molecule has 1 aliphatic carbocycles. The number of aromatic nitrogens is 3. The average molecular weight is 502 g/mol. The van der Waals surface area contributed by atoms with E-state index in [0.717, 1.165) is 12.8 Å². The number of nitrogens with one attached hydrogen (secondary N) is 4. The van der Waals surface area contributed by atoms with Crippen LogP contribution in [0.3, 0.4) is 0 Å². The van der Waals surface area contributed by atoms with E-state index in [1.54, 1.807) is 12.1 Å². The number of amides is 1. The summed E-state index contributed by atoms with van der Waals surface area (Å²) >= 11 is 0. The van der Waals surface area contributed by atoms with Crippen LogP contribution in [0, 0.1) is 0 Å². The highest BCUT2D eigenvalue weighted by molar-refractivity contribution is 5.94. The van der Waals surface area contributed by atoms with E-state index in [-0.39, 0.29) is 18.4 Å². The van der Waals surface area contributed by atoms with E-state index in [1.807, 2.05) is 18.2 Å². The van der Waals surface area contributed by atoms with E-state index in [4.69, 9.17) is 9.47 Å². The number of benzene rings is 1. The number of anilines is 3. The van der Waals surface area contributed by atoms with Crippen LogP contribution >= 0.6 is 0 Å². The first-order valence-electron chi connectivity index (χ1n) is 12.2. The standard InChI is InChI=1S/C24H35N7O5/c1-34-20(32)17-27-23-29-22(30-24(31-23)28-19-9-5-6-10-19)26-12-14-36-16-15-35-13-11-25-21(33)18-7-3-2-4-8-18/h2-4,7-8,19H,5-6,9-17H2,1H3,(H,25,33)(H3,26,27,28,29,30,31). The molecule has 1 aromatic carbocycles. The van der Waals surface area contributed by atoms with Gasteiger partial charge in [0, 0.05) is 24.7 Å². The van der Waals surface area contributed by atoms with Gasteiger partial charge in [0.2, 0.25) is 17.8 Å².